The van der Waals surface area contributed by atoms with Crippen LogP contribution >= 0.6 is 0 Å². The normalized spacial score (nSPS) is 12.3. The summed E-state index contributed by atoms with van der Waals surface area (Å²) in [7, 11) is -0.843. The highest BCUT2D eigenvalue weighted by Crippen LogP contribution is 2.24. The van der Waals surface area contributed by atoms with Crippen LogP contribution in [0.5, 0.6) is 11.5 Å². The number of methoxy groups -OCH3 is 2. The predicted octanol–water partition coefficient (Wildman–Crippen LogP) is 2.49. The summed E-state index contributed by atoms with van der Waals surface area (Å²) in [5.74, 6) is 0.605. The molecule has 0 unspecified atom stereocenters. The van der Waals surface area contributed by atoms with Gasteiger partial charge in [0.2, 0.25) is 10.0 Å². The Morgan fingerprint density at radius 3 is 2.30 bits per heavy atom. The molecule has 2 N–H and O–H groups in total. The third kappa shape index (κ3) is 4.99. The second kappa shape index (κ2) is 8.88. The van der Waals surface area contributed by atoms with Crippen LogP contribution in [0.4, 0.5) is 0 Å². The van der Waals surface area contributed by atoms with Crippen molar-refractivity contribution in [1.29, 1.82) is 0 Å². The first kappa shape index (κ1) is 20.7. The van der Waals surface area contributed by atoms with Crippen molar-refractivity contribution < 1.29 is 22.7 Å². The van der Waals surface area contributed by atoms with Gasteiger partial charge in [0.1, 0.15) is 11.5 Å². The fourth-order valence-corrected chi connectivity index (χ4v) is 3.81. The summed E-state index contributed by atoms with van der Waals surface area (Å²) in [6.45, 7) is 3.95. The third-order valence-electron chi connectivity index (χ3n) is 4.01. The highest BCUT2D eigenvalue weighted by molar-refractivity contribution is 7.89. The smallest absolute Gasteiger partial charge is 0.255 e. The van der Waals surface area contributed by atoms with Gasteiger partial charge in [0.25, 0.3) is 5.91 Å². The van der Waals surface area contributed by atoms with Crippen LogP contribution in [-0.2, 0) is 10.0 Å². The molecule has 0 radical (unpaired) electrons. The lowest BCUT2D eigenvalue weighted by atomic mass is 10.1. The van der Waals surface area contributed by atoms with Crippen LogP contribution in [0.15, 0.2) is 47.4 Å². The Kier molecular flexibility index (Phi) is 6.81. The van der Waals surface area contributed by atoms with E-state index in [1.807, 2.05) is 0 Å². The fourth-order valence-electron chi connectivity index (χ4n) is 2.55. The van der Waals surface area contributed by atoms with Crippen LogP contribution in [0, 0.1) is 0 Å². The van der Waals surface area contributed by atoms with E-state index in [4.69, 9.17) is 9.47 Å². The first-order valence-corrected chi connectivity index (χ1v) is 9.93. The number of rotatable bonds is 8. The number of amides is 1. The zero-order chi connectivity index (χ0) is 20.0. The Morgan fingerprint density at radius 1 is 1.07 bits per heavy atom. The first-order valence-electron chi connectivity index (χ1n) is 8.45. The van der Waals surface area contributed by atoms with Gasteiger partial charge in [-0.1, -0.05) is 12.1 Å². The summed E-state index contributed by atoms with van der Waals surface area (Å²) in [6, 6.07) is 10.8. The summed E-state index contributed by atoms with van der Waals surface area (Å²) in [5, 5.41) is 2.65. The number of sulfonamides is 1. The summed E-state index contributed by atoms with van der Waals surface area (Å²) in [5.41, 5.74) is 0.955. The lowest BCUT2D eigenvalue weighted by Gasteiger charge is -2.16. The molecule has 0 heterocycles. The molecular weight excluding hydrogens is 368 g/mol. The van der Waals surface area contributed by atoms with E-state index in [0.717, 1.165) is 5.56 Å². The minimum absolute atomic E-state index is 0.00934. The first-order chi connectivity index (χ1) is 12.8. The Balaban J connectivity index is 2.29. The maximum Gasteiger partial charge on any atom is 0.255 e. The van der Waals surface area contributed by atoms with Gasteiger partial charge in [-0.05, 0) is 49.7 Å². The van der Waals surface area contributed by atoms with Crippen molar-refractivity contribution in [3.8, 4) is 11.5 Å². The van der Waals surface area contributed by atoms with E-state index in [1.54, 1.807) is 45.2 Å². The second-order valence-corrected chi connectivity index (χ2v) is 7.55. The number of hydrogen-bond donors (Lipinski definition) is 2. The number of carbonyl (C=O) groups excluding carboxylic acids is 1. The molecule has 2 rings (SSSR count). The number of hydrogen-bond acceptors (Lipinski definition) is 5. The third-order valence-corrected chi connectivity index (χ3v) is 5.55. The predicted molar refractivity (Wildman–Crippen MR) is 103 cm³/mol. The Hall–Kier alpha value is -2.58. The van der Waals surface area contributed by atoms with Gasteiger partial charge in [0, 0.05) is 12.6 Å². The van der Waals surface area contributed by atoms with Crippen molar-refractivity contribution in [1.82, 2.24) is 10.0 Å². The van der Waals surface area contributed by atoms with E-state index < -0.39 is 22.0 Å². The number of nitrogens with one attached hydrogen (secondary N) is 2. The summed E-state index contributed by atoms with van der Waals surface area (Å²) >= 11 is 0. The van der Waals surface area contributed by atoms with E-state index in [0.29, 0.717) is 18.0 Å². The molecule has 0 aliphatic heterocycles. The second-order valence-electron chi connectivity index (χ2n) is 5.84. The zero-order valence-electron chi connectivity index (χ0n) is 15.8. The number of benzene rings is 2. The zero-order valence-corrected chi connectivity index (χ0v) is 16.6. The Labute approximate surface area is 159 Å². The summed E-state index contributed by atoms with van der Waals surface area (Å²) in [4.78, 5) is 12.2. The monoisotopic (exact) mass is 392 g/mol. The van der Waals surface area contributed by atoms with Crippen molar-refractivity contribution in [2.24, 2.45) is 0 Å². The molecule has 27 heavy (non-hydrogen) atoms. The van der Waals surface area contributed by atoms with Crippen molar-refractivity contribution >= 4 is 15.9 Å². The molecule has 0 aliphatic rings. The van der Waals surface area contributed by atoms with Gasteiger partial charge in [0.15, 0.2) is 0 Å². The molecule has 2 aromatic rings. The van der Waals surface area contributed by atoms with Crippen LogP contribution in [0.2, 0.25) is 0 Å². The van der Waals surface area contributed by atoms with E-state index in [-0.39, 0.29) is 10.5 Å². The van der Waals surface area contributed by atoms with Crippen LogP contribution < -0.4 is 19.5 Å². The van der Waals surface area contributed by atoms with E-state index in [1.165, 1.54) is 25.3 Å². The van der Waals surface area contributed by atoms with Gasteiger partial charge in [-0.3, -0.25) is 4.79 Å². The van der Waals surface area contributed by atoms with Gasteiger partial charge in [-0.25, -0.2) is 13.1 Å². The highest BCUT2D eigenvalue weighted by Gasteiger charge is 2.22. The lowest BCUT2D eigenvalue weighted by Crippen LogP contribution is -2.28. The standard InChI is InChI=1S/C19H24N2O5S/c1-5-20-19(22)17-12-16(10-11-18(17)26-4)27(23,24)21-13(2)14-6-8-15(25-3)9-7-14/h6-13,21H,5H2,1-4H3,(H,20,22)/t13-/m0/s1. The molecule has 1 atom stereocenters. The van der Waals surface area contributed by atoms with Crippen molar-refractivity contribution in [3.05, 3.63) is 53.6 Å². The van der Waals surface area contributed by atoms with Gasteiger partial charge >= 0.3 is 0 Å². The lowest BCUT2D eigenvalue weighted by molar-refractivity contribution is 0.0952. The molecule has 0 bridgehead atoms. The number of ether oxygens (including phenoxy) is 2. The van der Waals surface area contributed by atoms with Gasteiger partial charge in [-0.15, -0.1) is 0 Å². The molecule has 0 aliphatic carbocycles. The van der Waals surface area contributed by atoms with Crippen molar-refractivity contribution in [2.75, 3.05) is 20.8 Å². The largest absolute Gasteiger partial charge is 0.497 e. The molecule has 7 nitrogen and oxygen atoms in total. The van der Waals surface area contributed by atoms with Crippen LogP contribution in [-0.4, -0.2) is 35.1 Å². The average Bonchev–Trinajstić information content (AvgIpc) is 2.67. The molecule has 0 fully saturated rings. The minimum Gasteiger partial charge on any atom is -0.497 e. The molecule has 8 heteroatoms. The molecular formula is C19H24N2O5S. The minimum atomic E-state index is -3.84. The molecule has 146 valence electrons. The van der Waals surface area contributed by atoms with Gasteiger partial charge in [0.05, 0.1) is 24.7 Å². The Morgan fingerprint density at radius 2 is 1.74 bits per heavy atom. The van der Waals surface area contributed by atoms with Crippen LogP contribution in [0.3, 0.4) is 0 Å². The fraction of sp³-hybridized carbons (Fsp3) is 0.316. The maximum absolute atomic E-state index is 12.8. The summed E-state index contributed by atoms with van der Waals surface area (Å²) in [6.07, 6.45) is 0. The molecule has 0 spiro atoms. The molecule has 2 aromatic carbocycles. The highest BCUT2D eigenvalue weighted by atomic mass is 32.2. The van der Waals surface area contributed by atoms with Crippen molar-refractivity contribution in [3.63, 3.8) is 0 Å². The maximum atomic E-state index is 12.8. The molecule has 0 saturated carbocycles. The number of carbonyl (C=O) groups is 1. The molecule has 0 aromatic heterocycles. The molecule has 1 amide bonds. The van der Waals surface area contributed by atoms with E-state index in [2.05, 4.69) is 10.0 Å². The van der Waals surface area contributed by atoms with Crippen molar-refractivity contribution in [2.45, 2.75) is 24.8 Å². The quantitative estimate of drug-likeness (QED) is 0.720. The molecule has 0 saturated heterocycles. The van der Waals surface area contributed by atoms with Gasteiger partial charge < -0.3 is 14.8 Å². The van der Waals surface area contributed by atoms with Gasteiger partial charge in [-0.2, -0.15) is 0 Å². The SMILES string of the molecule is CCNC(=O)c1cc(S(=O)(=O)N[C@@H](C)c2ccc(OC)cc2)ccc1OC. The van der Waals surface area contributed by atoms with Crippen LogP contribution in [0.25, 0.3) is 0 Å². The summed E-state index contributed by atoms with van der Waals surface area (Å²) < 4.78 is 38.4. The van der Waals surface area contributed by atoms with Crippen LogP contribution in [0.1, 0.15) is 35.8 Å². The van der Waals surface area contributed by atoms with E-state index in [9.17, 15) is 13.2 Å². The van der Waals surface area contributed by atoms with E-state index >= 15 is 0 Å². The Bertz CT molecular complexity index is 895. The average molecular weight is 392 g/mol. The topological polar surface area (TPSA) is 93.7 Å².